The Kier molecular flexibility index (Phi) is 5.32. The molecule has 2 aromatic rings. The normalized spacial score (nSPS) is 17.2. The molecule has 0 spiro atoms. The molecule has 0 aliphatic carbocycles. The lowest BCUT2D eigenvalue weighted by atomic mass is 10.1. The van der Waals surface area contributed by atoms with Crippen molar-refractivity contribution in [2.24, 2.45) is 5.92 Å². The van der Waals surface area contributed by atoms with Gasteiger partial charge in [0.05, 0.1) is 10.8 Å². The summed E-state index contributed by atoms with van der Waals surface area (Å²) >= 11 is 0. The summed E-state index contributed by atoms with van der Waals surface area (Å²) in [6, 6.07) is 13.9. The highest BCUT2D eigenvalue weighted by atomic mass is 32.2. The lowest BCUT2D eigenvalue weighted by Gasteiger charge is -2.17. The maximum Gasteiger partial charge on any atom is 0.229 e. The van der Waals surface area contributed by atoms with Crippen LogP contribution in [0.5, 0.6) is 0 Å². The quantitative estimate of drug-likeness (QED) is 0.856. The van der Waals surface area contributed by atoms with Crippen LogP contribution in [0.25, 0.3) is 0 Å². The van der Waals surface area contributed by atoms with E-state index >= 15 is 0 Å². The van der Waals surface area contributed by atoms with Crippen LogP contribution in [0.3, 0.4) is 0 Å². The van der Waals surface area contributed by atoms with Crippen LogP contribution in [-0.2, 0) is 25.8 Å². The first-order valence-electron chi connectivity index (χ1n) is 8.78. The van der Waals surface area contributed by atoms with Crippen LogP contribution >= 0.6 is 0 Å². The molecule has 0 radical (unpaired) electrons. The van der Waals surface area contributed by atoms with Crippen molar-refractivity contribution >= 4 is 33.0 Å². The van der Waals surface area contributed by atoms with Crippen LogP contribution in [-0.4, -0.2) is 33.0 Å². The van der Waals surface area contributed by atoms with Gasteiger partial charge in [-0.25, -0.2) is 8.42 Å². The minimum atomic E-state index is -3.35. The smallest absolute Gasteiger partial charge is 0.229 e. The average molecular weight is 386 g/mol. The van der Waals surface area contributed by atoms with Gasteiger partial charge in [-0.3, -0.25) is 9.59 Å². The van der Waals surface area contributed by atoms with Gasteiger partial charge in [0.1, 0.15) is 0 Å². The van der Waals surface area contributed by atoms with Gasteiger partial charge in [0, 0.05) is 30.6 Å². The Morgan fingerprint density at radius 1 is 1.19 bits per heavy atom. The van der Waals surface area contributed by atoms with E-state index in [1.807, 2.05) is 24.3 Å². The molecular formula is C20H22N2O4S. The minimum absolute atomic E-state index is 0.0933. The lowest BCUT2D eigenvalue weighted by Crippen LogP contribution is -2.28. The van der Waals surface area contributed by atoms with E-state index in [-0.39, 0.29) is 23.1 Å². The zero-order valence-corrected chi connectivity index (χ0v) is 16.1. The monoisotopic (exact) mass is 386 g/mol. The molecule has 1 aliphatic rings. The number of hydrogen-bond acceptors (Lipinski definition) is 4. The third kappa shape index (κ3) is 4.36. The predicted molar refractivity (Wildman–Crippen MR) is 104 cm³/mol. The molecule has 7 heteroatoms. The van der Waals surface area contributed by atoms with Crippen molar-refractivity contribution in [1.82, 2.24) is 0 Å². The van der Waals surface area contributed by atoms with E-state index < -0.39 is 15.8 Å². The van der Waals surface area contributed by atoms with E-state index in [9.17, 15) is 18.0 Å². The summed E-state index contributed by atoms with van der Waals surface area (Å²) < 4.78 is 23.3. The minimum Gasteiger partial charge on any atom is -0.326 e. The summed E-state index contributed by atoms with van der Waals surface area (Å²) in [6.45, 7) is 2.37. The summed E-state index contributed by atoms with van der Waals surface area (Å²) in [5.74, 6) is -0.865. The molecular weight excluding hydrogens is 364 g/mol. The topological polar surface area (TPSA) is 83.6 Å². The van der Waals surface area contributed by atoms with Gasteiger partial charge >= 0.3 is 0 Å². The number of aryl methyl sites for hydroxylation is 1. The Labute approximate surface area is 159 Å². The molecule has 1 saturated heterocycles. The van der Waals surface area contributed by atoms with Crippen molar-refractivity contribution in [1.29, 1.82) is 0 Å². The van der Waals surface area contributed by atoms with Gasteiger partial charge in [-0.05, 0) is 42.3 Å². The molecule has 3 rings (SSSR count). The summed E-state index contributed by atoms with van der Waals surface area (Å²) in [7, 11) is -3.35. The van der Waals surface area contributed by atoms with Gasteiger partial charge in [-0.2, -0.15) is 0 Å². The number of nitrogens with one attached hydrogen (secondary N) is 1. The predicted octanol–water partition coefficient (Wildman–Crippen LogP) is 2.64. The van der Waals surface area contributed by atoms with E-state index in [4.69, 9.17) is 0 Å². The van der Waals surface area contributed by atoms with Gasteiger partial charge in [0.25, 0.3) is 0 Å². The second-order valence-corrected chi connectivity index (χ2v) is 8.73. The first-order chi connectivity index (χ1) is 12.8. The van der Waals surface area contributed by atoms with Crippen molar-refractivity contribution in [3.8, 4) is 0 Å². The first kappa shape index (κ1) is 19.1. The highest BCUT2D eigenvalue weighted by molar-refractivity contribution is 7.90. The first-order valence-corrected chi connectivity index (χ1v) is 10.7. The molecule has 2 amide bonds. The van der Waals surface area contributed by atoms with E-state index in [1.165, 1.54) is 17.7 Å². The van der Waals surface area contributed by atoms with Crippen molar-refractivity contribution in [3.63, 3.8) is 0 Å². The molecule has 1 atom stereocenters. The molecule has 0 aromatic heterocycles. The second kappa shape index (κ2) is 7.52. The van der Waals surface area contributed by atoms with Crippen LogP contribution < -0.4 is 10.2 Å². The van der Waals surface area contributed by atoms with Gasteiger partial charge in [-0.1, -0.05) is 25.1 Å². The van der Waals surface area contributed by atoms with E-state index in [2.05, 4.69) is 12.2 Å². The molecule has 1 fully saturated rings. The molecule has 0 bridgehead atoms. The summed E-state index contributed by atoms with van der Waals surface area (Å²) in [5.41, 5.74) is 2.37. The van der Waals surface area contributed by atoms with Crippen LogP contribution in [0.4, 0.5) is 11.4 Å². The Bertz CT molecular complexity index is 968. The molecule has 6 nitrogen and oxygen atoms in total. The molecule has 0 unspecified atom stereocenters. The van der Waals surface area contributed by atoms with Crippen molar-refractivity contribution in [3.05, 3.63) is 54.1 Å². The number of benzene rings is 2. The van der Waals surface area contributed by atoms with Crippen molar-refractivity contribution in [2.75, 3.05) is 23.0 Å². The summed E-state index contributed by atoms with van der Waals surface area (Å²) in [4.78, 5) is 26.7. The summed E-state index contributed by atoms with van der Waals surface area (Å²) in [6.07, 6.45) is 2.17. The highest BCUT2D eigenvalue weighted by Gasteiger charge is 2.35. The third-order valence-corrected chi connectivity index (χ3v) is 5.79. The Hall–Kier alpha value is -2.67. The summed E-state index contributed by atoms with van der Waals surface area (Å²) in [5, 5.41) is 2.72. The highest BCUT2D eigenvalue weighted by Crippen LogP contribution is 2.27. The Morgan fingerprint density at radius 2 is 1.89 bits per heavy atom. The molecule has 2 aromatic carbocycles. The van der Waals surface area contributed by atoms with Crippen molar-refractivity contribution < 1.29 is 18.0 Å². The Morgan fingerprint density at radius 3 is 2.52 bits per heavy atom. The fourth-order valence-electron chi connectivity index (χ4n) is 3.09. The second-order valence-electron chi connectivity index (χ2n) is 6.71. The van der Waals surface area contributed by atoms with Gasteiger partial charge in [-0.15, -0.1) is 0 Å². The van der Waals surface area contributed by atoms with Crippen molar-refractivity contribution in [2.45, 2.75) is 24.7 Å². The zero-order valence-electron chi connectivity index (χ0n) is 15.3. The number of carbonyl (C=O) groups is 2. The largest absolute Gasteiger partial charge is 0.326 e. The van der Waals surface area contributed by atoms with E-state index in [1.54, 1.807) is 17.0 Å². The maximum absolute atomic E-state index is 12.6. The lowest BCUT2D eigenvalue weighted by molar-refractivity contribution is -0.122. The Balaban J connectivity index is 1.70. The van der Waals surface area contributed by atoms with E-state index in [0.29, 0.717) is 12.2 Å². The van der Waals surface area contributed by atoms with Crippen LogP contribution in [0, 0.1) is 5.92 Å². The molecule has 1 heterocycles. The molecule has 1 N–H and O–H groups in total. The maximum atomic E-state index is 12.6. The molecule has 27 heavy (non-hydrogen) atoms. The van der Waals surface area contributed by atoms with Gasteiger partial charge < -0.3 is 10.2 Å². The van der Waals surface area contributed by atoms with E-state index in [0.717, 1.165) is 18.4 Å². The fourth-order valence-corrected chi connectivity index (χ4v) is 3.76. The molecule has 142 valence electrons. The third-order valence-electron chi connectivity index (χ3n) is 4.68. The zero-order chi connectivity index (χ0) is 19.6. The number of rotatable bonds is 5. The number of amides is 2. The number of carbonyl (C=O) groups excluding carboxylic acids is 2. The SMILES string of the molecule is CCc1ccc(N2C[C@@H](C(=O)Nc3cccc(S(C)(=O)=O)c3)CC2=O)cc1. The van der Waals surface area contributed by atoms with Crippen LogP contribution in [0.15, 0.2) is 53.4 Å². The number of sulfone groups is 1. The van der Waals surface area contributed by atoms with Crippen LogP contribution in [0.2, 0.25) is 0 Å². The average Bonchev–Trinajstić information content (AvgIpc) is 3.03. The van der Waals surface area contributed by atoms with Gasteiger partial charge in [0.2, 0.25) is 11.8 Å². The number of nitrogens with zero attached hydrogens (tertiary/aromatic N) is 1. The fraction of sp³-hybridized carbons (Fsp3) is 0.300. The molecule has 1 aliphatic heterocycles. The molecule has 0 saturated carbocycles. The van der Waals surface area contributed by atoms with Crippen LogP contribution in [0.1, 0.15) is 18.9 Å². The number of hydrogen-bond donors (Lipinski definition) is 1. The number of anilines is 2. The standard InChI is InChI=1S/C20H22N2O4S/c1-3-14-7-9-17(10-8-14)22-13-15(11-19(22)23)20(24)21-16-5-4-6-18(12-16)27(2,25)26/h4-10,12,15H,3,11,13H2,1-2H3,(H,21,24)/t15-/m0/s1. The van der Waals surface area contributed by atoms with Gasteiger partial charge in [0.15, 0.2) is 9.84 Å².